The normalized spacial score (nSPS) is 33.5. The molecule has 2 atom stereocenters. The van der Waals surface area contributed by atoms with E-state index in [0.29, 0.717) is 11.7 Å². The molecule has 0 aliphatic heterocycles. The minimum atomic E-state index is -0.141. The van der Waals surface area contributed by atoms with Crippen molar-refractivity contribution in [1.82, 2.24) is 6.15 Å². The highest BCUT2D eigenvalue weighted by atomic mass is 16.1. The lowest BCUT2D eigenvalue weighted by molar-refractivity contribution is -0.125. The summed E-state index contributed by atoms with van der Waals surface area (Å²) in [5.74, 6) is 0.822. The van der Waals surface area contributed by atoms with Gasteiger partial charge in [0.1, 0.15) is 0 Å². The van der Waals surface area contributed by atoms with E-state index in [1.165, 1.54) is 0 Å². The zero-order valence-electron chi connectivity index (χ0n) is 12.1. The van der Waals surface area contributed by atoms with E-state index in [4.69, 9.17) is 0 Å². The van der Waals surface area contributed by atoms with Crippen LogP contribution >= 0.6 is 0 Å². The van der Waals surface area contributed by atoms with Crippen LogP contribution in [0.5, 0.6) is 0 Å². The molecule has 0 radical (unpaired) electrons. The van der Waals surface area contributed by atoms with Crippen molar-refractivity contribution in [2.24, 2.45) is 16.7 Å². The molecule has 0 saturated heterocycles. The monoisotopic (exact) mass is 257 g/mol. The molecular formula is C17H23NO. The summed E-state index contributed by atoms with van der Waals surface area (Å²) in [6, 6.07) is 10.2. The summed E-state index contributed by atoms with van der Waals surface area (Å²) in [5, 5.41) is 0. The average molecular weight is 257 g/mol. The molecular weight excluding hydrogens is 234 g/mol. The van der Waals surface area contributed by atoms with Crippen molar-refractivity contribution in [1.29, 1.82) is 0 Å². The van der Waals surface area contributed by atoms with E-state index in [0.717, 1.165) is 24.0 Å². The molecule has 2 aliphatic carbocycles. The first-order valence-corrected chi connectivity index (χ1v) is 6.78. The molecule has 2 nitrogen and oxygen atoms in total. The van der Waals surface area contributed by atoms with Gasteiger partial charge in [-0.1, -0.05) is 51.1 Å². The quantitative estimate of drug-likeness (QED) is 0.764. The highest BCUT2D eigenvalue weighted by molar-refractivity contribution is 6.07. The van der Waals surface area contributed by atoms with Gasteiger partial charge in [-0.15, -0.1) is 0 Å². The molecule has 2 saturated carbocycles. The number of allylic oxidation sites excluding steroid dienone is 1. The van der Waals surface area contributed by atoms with Crippen LogP contribution in [0, 0.1) is 16.7 Å². The number of rotatable bonds is 1. The van der Waals surface area contributed by atoms with Crippen LogP contribution in [0.1, 0.15) is 39.2 Å². The van der Waals surface area contributed by atoms with E-state index < -0.39 is 0 Å². The van der Waals surface area contributed by atoms with Gasteiger partial charge < -0.3 is 6.15 Å². The third-order valence-corrected chi connectivity index (χ3v) is 5.49. The predicted molar refractivity (Wildman–Crippen MR) is 79.1 cm³/mol. The minimum Gasteiger partial charge on any atom is -0.344 e. The maximum absolute atomic E-state index is 12.6. The fourth-order valence-electron chi connectivity index (χ4n) is 3.82. The van der Waals surface area contributed by atoms with Gasteiger partial charge >= 0.3 is 0 Å². The van der Waals surface area contributed by atoms with Gasteiger partial charge in [-0.25, -0.2) is 0 Å². The van der Waals surface area contributed by atoms with Gasteiger partial charge in [0.25, 0.3) is 0 Å². The van der Waals surface area contributed by atoms with Crippen molar-refractivity contribution in [3.05, 3.63) is 41.5 Å². The van der Waals surface area contributed by atoms with Crippen LogP contribution in [-0.2, 0) is 4.79 Å². The second-order valence-electron chi connectivity index (χ2n) is 6.48. The van der Waals surface area contributed by atoms with Crippen LogP contribution < -0.4 is 6.15 Å². The Hall–Kier alpha value is -1.41. The molecule has 3 rings (SSSR count). The summed E-state index contributed by atoms with van der Waals surface area (Å²) in [6.45, 7) is 6.67. The summed E-state index contributed by atoms with van der Waals surface area (Å²) in [4.78, 5) is 12.6. The van der Waals surface area contributed by atoms with Crippen LogP contribution in [-0.4, -0.2) is 5.78 Å². The molecule has 19 heavy (non-hydrogen) atoms. The Morgan fingerprint density at radius 2 is 1.79 bits per heavy atom. The van der Waals surface area contributed by atoms with Gasteiger partial charge in [-0.05, 0) is 41.4 Å². The topological polar surface area (TPSA) is 52.1 Å². The van der Waals surface area contributed by atoms with E-state index >= 15 is 0 Å². The smallest absolute Gasteiger partial charge is 0.165 e. The molecule has 0 aromatic heterocycles. The van der Waals surface area contributed by atoms with Crippen molar-refractivity contribution in [3.63, 3.8) is 0 Å². The lowest BCUT2D eigenvalue weighted by Crippen LogP contribution is -2.32. The van der Waals surface area contributed by atoms with E-state index in [-0.39, 0.29) is 17.0 Å². The molecule has 2 fully saturated rings. The molecule has 2 unspecified atom stereocenters. The van der Waals surface area contributed by atoms with Gasteiger partial charge in [0.05, 0.1) is 0 Å². The van der Waals surface area contributed by atoms with Crippen molar-refractivity contribution in [2.75, 3.05) is 0 Å². The summed E-state index contributed by atoms with van der Waals surface area (Å²) >= 11 is 0. The van der Waals surface area contributed by atoms with E-state index in [2.05, 4.69) is 39.0 Å². The Morgan fingerprint density at radius 3 is 2.32 bits per heavy atom. The lowest BCUT2D eigenvalue weighted by atomic mass is 9.70. The zero-order valence-corrected chi connectivity index (χ0v) is 12.1. The molecule has 0 heterocycles. The number of carbonyl (C=O) groups is 1. The van der Waals surface area contributed by atoms with Crippen molar-refractivity contribution < 1.29 is 4.79 Å². The number of carbonyl (C=O) groups excluding carboxylic acids is 1. The first-order chi connectivity index (χ1) is 8.47. The summed E-state index contributed by atoms with van der Waals surface area (Å²) in [7, 11) is 0. The zero-order chi connectivity index (χ0) is 13.0. The summed E-state index contributed by atoms with van der Waals surface area (Å²) < 4.78 is 0. The number of Topliss-reactive ketones (excluding diaryl/α,β-unsaturated/α-hetero) is 1. The molecule has 2 heteroatoms. The maximum atomic E-state index is 12.6. The number of fused-ring (bicyclic) bond motifs is 2. The molecule has 1 aromatic carbocycles. The predicted octanol–water partition coefficient (Wildman–Crippen LogP) is 4.26. The largest absolute Gasteiger partial charge is 0.344 e. The van der Waals surface area contributed by atoms with Crippen LogP contribution in [0.4, 0.5) is 0 Å². The highest BCUT2D eigenvalue weighted by Gasteiger charge is 2.63. The standard InChI is InChI=1S/C17H20O.H3N/c1-16(2)14-9-10-17(16,3)15(18)13(14)11-12-7-5-4-6-8-12;/h4-8,11,14H,9-10H2,1-3H3;1H3/b13-11-;. The lowest BCUT2D eigenvalue weighted by Gasteiger charge is -2.31. The minimum absolute atomic E-state index is 0. The van der Waals surface area contributed by atoms with Crippen molar-refractivity contribution >= 4 is 11.9 Å². The third-order valence-electron chi connectivity index (χ3n) is 5.49. The Morgan fingerprint density at radius 1 is 1.16 bits per heavy atom. The second-order valence-corrected chi connectivity index (χ2v) is 6.48. The number of ketones is 1. The molecule has 0 amide bonds. The molecule has 3 N–H and O–H groups in total. The number of hydrogen-bond donors (Lipinski definition) is 1. The first-order valence-electron chi connectivity index (χ1n) is 6.78. The Bertz CT molecular complexity index is 529. The Kier molecular flexibility index (Phi) is 3.18. The Labute approximate surface area is 115 Å². The fraction of sp³-hybridized carbons (Fsp3) is 0.471. The van der Waals surface area contributed by atoms with Gasteiger partial charge in [-0.3, -0.25) is 4.79 Å². The average Bonchev–Trinajstić information content (AvgIpc) is 2.65. The SMILES string of the molecule is CC12CCC(/C(=C/c3ccccc3)C1=O)C2(C)C.N. The molecule has 102 valence electrons. The van der Waals surface area contributed by atoms with Crippen molar-refractivity contribution in [2.45, 2.75) is 33.6 Å². The molecule has 2 bridgehead atoms. The first kappa shape index (κ1) is 14.0. The van der Waals surface area contributed by atoms with Crippen LogP contribution in [0.2, 0.25) is 0 Å². The maximum Gasteiger partial charge on any atom is 0.165 e. The molecule has 1 aromatic rings. The van der Waals surface area contributed by atoms with E-state index in [1.54, 1.807) is 0 Å². The van der Waals surface area contributed by atoms with E-state index in [9.17, 15) is 4.79 Å². The Balaban J connectivity index is 0.00000133. The summed E-state index contributed by atoms with van der Waals surface area (Å²) in [6.07, 6.45) is 4.32. The second kappa shape index (κ2) is 4.31. The van der Waals surface area contributed by atoms with Gasteiger partial charge in [0, 0.05) is 5.41 Å². The van der Waals surface area contributed by atoms with Gasteiger partial charge in [0.15, 0.2) is 5.78 Å². The molecule has 2 aliphatic rings. The van der Waals surface area contributed by atoms with Gasteiger partial charge in [-0.2, -0.15) is 0 Å². The summed E-state index contributed by atoms with van der Waals surface area (Å²) in [5.41, 5.74) is 2.18. The van der Waals surface area contributed by atoms with E-state index in [1.807, 2.05) is 18.2 Å². The van der Waals surface area contributed by atoms with Crippen LogP contribution in [0.3, 0.4) is 0 Å². The number of hydrogen-bond acceptors (Lipinski definition) is 2. The van der Waals surface area contributed by atoms with Crippen LogP contribution in [0.25, 0.3) is 6.08 Å². The van der Waals surface area contributed by atoms with Crippen molar-refractivity contribution in [3.8, 4) is 0 Å². The fourth-order valence-corrected chi connectivity index (χ4v) is 3.82. The van der Waals surface area contributed by atoms with Gasteiger partial charge in [0.2, 0.25) is 0 Å². The number of benzene rings is 1. The highest BCUT2D eigenvalue weighted by Crippen LogP contribution is 2.65. The molecule has 0 spiro atoms. The van der Waals surface area contributed by atoms with Crippen LogP contribution in [0.15, 0.2) is 35.9 Å². The third kappa shape index (κ3) is 1.70.